The third-order valence-corrected chi connectivity index (χ3v) is 5.04. The van der Waals surface area contributed by atoms with E-state index in [1.54, 1.807) is 6.20 Å². The number of benzene rings is 1. The second kappa shape index (κ2) is 6.78. The van der Waals surface area contributed by atoms with Crippen LogP contribution in [0.5, 0.6) is 11.5 Å². The summed E-state index contributed by atoms with van der Waals surface area (Å²) in [4.78, 5) is 15.0. The maximum absolute atomic E-state index is 13.0. The fraction of sp³-hybridized carbons (Fsp3) is 0.474. The summed E-state index contributed by atoms with van der Waals surface area (Å²) in [6.45, 7) is 4.62. The van der Waals surface area contributed by atoms with E-state index in [0.29, 0.717) is 13.2 Å². The van der Waals surface area contributed by atoms with E-state index >= 15 is 0 Å². The number of likely N-dealkylation sites (tertiary alicyclic amines) is 1. The van der Waals surface area contributed by atoms with E-state index in [1.807, 2.05) is 47.0 Å². The summed E-state index contributed by atoms with van der Waals surface area (Å²) in [5.41, 5.74) is 0.968. The van der Waals surface area contributed by atoms with E-state index in [2.05, 4.69) is 5.10 Å². The lowest BCUT2D eigenvalue weighted by atomic mass is 9.97. The summed E-state index contributed by atoms with van der Waals surface area (Å²) < 4.78 is 13.2. The molecule has 2 aliphatic rings. The minimum absolute atomic E-state index is 0.161. The fourth-order valence-corrected chi connectivity index (χ4v) is 3.61. The number of rotatable bonds is 3. The Kier molecular flexibility index (Phi) is 4.34. The van der Waals surface area contributed by atoms with Gasteiger partial charge in [-0.25, -0.2) is 0 Å². The highest BCUT2D eigenvalue weighted by molar-refractivity contribution is 5.83. The van der Waals surface area contributed by atoms with Gasteiger partial charge in [0, 0.05) is 25.5 Å². The van der Waals surface area contributed by atoms with Crippen LogP contribution in [0.3, 0.4) is 0 Å². The van der Waals surface area contributed by atoms with Crippen LogP contribution < -0.4 is 9.47 Å². The molecule has 0 N–H and O–H groups in total. The molecule has 0 bridgehead atoms. The Hall–Kier alpha value is -2.50. The molecule has 6 heteroatoms. The summed E-state index contributed by atoms with van der Waals surface area (Å²) in [5, 5.41) is 4.33. The minimum atomic E-state index is -0.202. The summed E-state index contributed by atoms with van der Waals surface area (Å²) in [5.74, 6) is 1.45. The lowest BCUT2D eigenvalue weighted by molar-refractivity contribution is -0.134. The van der Waals surface area contributed by atoms with Crippen LogP contribution in [0.2, 0.25) is 0 Å². The Labute approximate surface area is 147 Å². The zero-order valence-corrected chi connectivity index (χ0v) is 14.4. The van der Waals surface area contributed by atoms with E-state index in [-0.39, 0.29) is 17.9 Å². The van der Waals surface area contributed by atoms with Crippen molar-refractivity contribution in [3.05, 3.63) is 42.2 Å². The SMILES string of the molecule is C[C@@H](C(=O)N1CCC[C@@H](n2cccn2)C1)c1ccc2c(c1)OCCO2. The Bertz CT molecular complexity index is 744. The molecule has 0 saturated carbocycles. The van der Waals surface area contributed by atoms with Gasteiger partial charge in [0.25, 0.3) is 0 Å². The number of fused-ring (bicyclic) bond motifs is 1. The molecule has 2 aromatic rings. The highest BCUT2D eigenvalue weighted by atomic mass is 16.6. The van der Waals surface area contributed by atoms with Gasteiger partial charge in [0.15, 0.2) is 11.5 Å². The number of amides is 1. The number of aromatic nitrogens is 2. The molecule has 1 fully saturated rings. The van der Waals surface area contributed by atoms with Crippen LogP contribution in [0.15, 0.2) is 36.7 Å². The number of ether oxygens (including phenoxy) is 2. The lowest BCUT2D eigenvalue weighted by Gasteiger charge is -2.34. The van der Waals surface area contributed by atoms with Crippen molar-refractivity contribution in [3.8, 4) is 11.5 Å². The van der Waals surface area contributed by atoms with Crippen molar-refractivity contribution < 1.29 is 14.3 Å². The summed E-state index contributed by atoms with van der Waals surface area (Å²) in [7, 11) is 0. The lowest BCUT2D eigenvalue weighted by Crippen LogP contribution is -2.42. The van der Waals surface area contributed by atoms with Crippen LogP contribution in [0.25, 0.3) is 0 Å². The molecule has 1 saturated heterocycles. The number of piperidine rings is 1. The van der Waals surface area contributed by atoms with Crippen LogP contribution in [0.4, 0.5) is 0 Å². The normalized spacial score (nSPS) is 21.0. The van der Waals surface area contributed by atoms with E-state index in [9.17, 15) is 4.79 Å². The van der Waals surface area contributed by atoms with Gasteiger partial charge in [-0.05, 0) is 43.5 Å². The fourth-order valence-electron chi connectivity index (χ4n) is 3.61. The quantitative estimate of drug-likeness (QED) is 0.861. The second-order valence-corrected chi connectivity index (χ2v) is 6.69. The predicted octanol–water partition coefficient (Wildman–Crippen LogP) is 2.62. The molecule has 4 rings (SSSR count). The number of carbonyl (C=O) groups is 1. The topological polar surface area (TPSA) is 56.6 Å². The zero-order valence-electron chi connectivity index (χ0n) is 14.4. The van der Waals surface area contributed by atoms with Gasteiger partial charge < -0.3 is 14.4 Å². The first-order chi connectivity index (χ1) is 12.2. The van der Waals surface area contributed by atoms with Crippen molar-refractivity contribution in [1.29, 1.82) is 0 Å². The first-order valence-corrected chi connectivity index (χ1v) is 8.90. The molecule has 25 heavy (non-hydrogen) atoms. The first kappa shape index (κ1) is 16.0. The van der Waals surface area contributed by atoms with Gasteiger partial charge in [-0.1, -0.05) is 6.07 Å². The third kappa shape index (κ3) is 3.21. The maximum Gasteiger partial charge on any atom is 0.229 e. The Morgan fingerprint density at radius 3 is 2.92 bits per heavy atom. The molecule has 0 spiro atoms. The minimum Gasteiger partial charge on any atom is -0.486 e. The van der Waals surface area contributed by atoms with Crippen molar-refractivity contribution in [3.63, 3.8) is 0 Å². The number of hydrogen-bond donors (Lipinski definition) is 0. The van der Waals surface area contributed by atoms with Crippen molar-refractivity contribution in [2.45, 2.75) is 31.7 Å². The van der Waals surface area contributed by atoms with Crippen LogP contribution in [0, 0.1) is 0 Å². The first-order valence-electron chi connectivity index (χ1n) is 8.90. The maximum atomic E-state index is 13.0. The molecule has 1 amide bonds. The molecule has 132 valence electrons. The summed E-state index contributed by atoms with van der Waals surface area (Å²) >= 11 is 0. The molecule has 2 aliphatic heterocycles. The van der Waals surface area contributed by atoms with Gasteiger partial charge in [0.05, 0.1) is 12.0 Å². The smallest absolute Gasteiger partial charge is 0.229 e. The molecule has 1 aromatic heterocycles. The predicted molar refractivity (Wildman–Crippen MR) is 92.9 cm³/mol. The summed E-state index contributed by atoms with van der Waals surface area (Å²) in [6, 6.07) is 7.99. The van der Waals surface area contributed by atoms with Crippen LogP contribution in [0.1, 0.15) is 37.3 Å². The second-order valence-electron chi connectivity index (χ2n) is 6.69. The largest absolute Gasteiger partial charge is 0.486 e. The number of hydrogen-bond acceptors (Lipinski definition) is 4. The molecular formula is C19H23N3O3. The van der Waals surface area contributed by atoms with Crippen LogP contribution >= 0.6 is 0 Å². The van der Waals surface area contributed by atoms with Gasteiger partial charge in [0.1, 0.15) is 13.2 Å². The number of carbonyl (C=O) groups excluding carboxylic acids is 1. The van der Waals surface area contributed by atoms with Crippen LogP contribution in [-0.2, 0) is 4.79 Å². The van der Waals surface area contributed by atoms with Crippen molar-refractivity contribution in [2.24, 2.45) is 0 Å². The standard InChI is InChI=1S/C19H23N3O3/c1-14(15-5-6-17-18(12-15)25-11-10-24-17)19(23)21-8-2-4-16(13-21)22-9-3-7-20-22/h3,5-7,9,12,14,16H,2,4,8,10-11,13H2,1H3/t14-,16-/m1/s1. The Morgan fingerprint density at radius 2 is 2.12 bits per heavy atom. The van der Waals surface area contributed by atoms with E-state index in [1.165, 1.54) is 0 Å². The highest BCUT2D eigenvalue weighted by Gasteiger charge is 2.29. The molecular weight excluding hydrogens is 318 g/mol. The number of nitrogens with zero attached hydrogens (tertiary/aromatic N) is 3. The van der Waals surface area contributed by atoms with Gasteiger partial charge >= 0.3 is 0 Å². The molecule has 0 aliphatic carbocycles. The molecule has 0 radical (unpaired) electrons. The van der Waals surface area contributed by atoms with Crippen LogP contribution in [-0.4, -0.2) is 46.9 Å². The average molecular weight is 341 g/mol. The molecule has 6 nitrogen and oxygen atoms in total. The van der Waals surface area contributed by atoms with Crippen molar-refractivity contribution in [1.82, 2.24) is 14.7 Å². The van der Waals surface area contributed by atoms with E-state index in [4.69, 9.17) is 9.47 Å². The average Bonchev–Trinajstić information content (AvgIpc) is 3.21. The zero-order chi connectivity index (χ0) is 17.2. The van der Waals surface area contributed by atoms with Gasteiger partial charge in [-0.15, -0.1) is 0 Å². The Balaban J connectivity index is 1.48. The molecule has 0 unspecified atom stereocenters. The van der Waals surface area contributed by atoms with Gasteiger partial charge in [-0.3, -0.25) is 9.48 Å². The third-order valence-electron chi connectivity index (χ3n) is 5.04. The monoisotopic (exact) mass is 341 g/mol. The Morgan fingerprint density at radius 1 is 1.28 bits per heavy atom. The van der Waals surface area contributed by atoms with Gasteiger partial charge in [0.2, 0.25) is 5.91 Å². The van der Waals surface area contributed by atoms with Gasteiger partial charge in [-0.2, -0.15) is 5.10 Å². The molecule has 1 aromatic carbocycles. The van der Waals surface area contributed by atoms with Crippen molar-refractivity contribution in [2.75, 3.05) is 26.3 Å². The molecule has 3 heterocycles. The molecule has 2 atom stereocenters. The van der Waals surface area contributed by atoms with E-state index < -0.39 is 0 Å². The van der Waals surface area contributed by atoms with E-state index in [0.717, 1.165) is 43.0 Å². The highest BCUT2D eigenvalue weighted by Crippen LogP contribution is 2.34. The summed E-state index contributed by atoms with van der Waals surface area (Å²) in [6.07, 6.45) is 5.83. The van der Waals surface area contributed by atoms with Crippen molar-refractivity contribution >= 4 is 5.91 Å².